The molecule has 0 aromatic carbocycles. The molecule has 0 saturated carbocycles. The van der Waals surface area contributed by atoms with Gasteiger partial charge >= 0.3 is 0 Å². The molecule has 1 N–H and O–H groups in total. The molecule has 0 aliphatic rings. The number of pyridine rings is 1. The third-order valence-corrected chi connectivity index (χ3v) is 3.62. The number of aromatic nitrogens is 1. The van der Waals surface area contributed by atoms with Gasteiger partial charge in [-0.1, -0.05) is 12.1 Å². The minimum absolute atomic E-state index is 0.385. The van der Waals surface area contributed by atoms with Gasteiger partial charge in [0.2, 0.25) is 0 Å². The number of thiophene rings is 1. The van der Waals surface area contributed by atoms with Crippen molar-refractivity contribution in [2.24, 2.45) is 0 Å². The first-order chi connectivity index (χ1) is 8.79. The maximum Gasteiger partial charge on any atom is 0.144 e. The van der Waals surface area contributed by atoms with Crippen LogP contribution >= 0.6 is 11.3 Å². The molecule has 0 aliphatic carbocycles. The summed E-state index contributed by atoms with van der Waals surface area (Å²) in [4.78, 5) is 5.43. The number of nitriles is 1. The van der Waals surface area contributed by atoms with Crippen LogP contribution in [0.25, 0.3) is 0 Å². The molecular weight excluding hydrogens is 242 g/mol. The molecule has 2 aromatic rings. The van der Waals surface area contributed by atoms with Gasteiger partial charge < -0.3 is 5.32 Å². The van der Waals surface area contributed by atoms with Gasteiger partial charge in [-0.25, -0.2) is 4.98 Å². The predicted molar refractivity (Wildman–Crippen MR) is 73.3 cm³/mol. The summed E-state index contributed by atoms with van der Waals surface area (Å²) < 4.78 is 0. The third-order valence-electron chi connectivity index (χ3n) is 2.73. The van der Waals surface area contributed by atoms with E-state index in [1.54, 1.807) is 17.5 Å². The molecule has 4 heteroatoms. The first kappa shape index (κ1) is 12.7. The zero-order chi connectivity index (χ0) is 12.8. The van der Waals surface area contributed by atoms with Crippen molar-refractivity contribution in [3.05, 3.63) is 52.0 Å². The molecule has 2 aromatic heterocycles. The Hall–Kier alpha value is -1.70. The number of nitrogens with zero attached hydrogens (tertiary/aromatic N) is 2. The molecule has 2 rings (SSSR count). The molecule has 1 unspecified atom stereocenters. The Morgan fingerprint density at radius 3 is 3.06 bits per heavy atom. The van der Waals surface area contributed by atoms with E-state index < -0.39 is 0 Å². The summed E-state index contributed by atoms with van der Waals surface area (Å²) in [5.41, 5.74) is 1.46. The molecule has 18 heavy (non-hydrogen) atoms. The first-order valence-corrected chi connectivity index (χ1v) is 6.77. The van der Waals surface area contributed by atoms with E-state index in [2.05, 4.69) is 40.8 Å². The second kappa shape index (κ2) is 6.29. The van der Waals surface area contributed by atoms with Crippen molar-refractivity contribution in [3.8, 4) is 6.07 Å². The van der Waals surface area contributed by atoms with E-state index in [-0.39, 0.29) is 0 Å². The van der Waals surface area contributed by atoms with E-state index in [0.29, 0.717) is 18.3 Å². The average Bonchev–Trinajstić information content (AvgIpc) is 2.89. The van der Waals surface area contributed by atoms with Gasteiger partial charge in [0, 0.05) is 29.2 Å². The van der Waals surface area contributed by atoms with Crippen molar-refractivity contribution in [2.45, 2.75) is 25.9 Å². The third kappa shape index (κ3) is 3.39. The topological polar surface area (TPSA) is 48.7 Å². The van der Waals surface area contributed by atoms with Crippen molar-refractivity contribution in [3.63, 3.8) is 0 Å². The van der Waals surface area contributed by atoms with E-state index >= 15 is 0 Å². The molecule has 0 saturated heterocycles. The van der Waals surface area contributed by atoms with Crippen LogP contribution in [-0.2, 0) is 13.0 Å². The summed E-state index contributed by atoms with van der Waals surface area (Å²) in [6.07, 6.45) is 2.66. The van der Waals surface area contributed by atoms with Crippen LogP contribution in [0.5, 0.6) is 0 Å². The number of hydrogen-bond acceptors (Lipinski definition) is 4. The summed E-state index contributed by atoms with van der Waals surface area (Å²) >= 11 is 1.78. The Bertz CT molecular complexity index is 528. The molecule has 2 heterocycles. The molecule has 3 nitrogen and oxygen atoms in total. The molecule has 0 aliphatic heterocycles. The molecule has 92 valence electrons. The molecule has 0 bridgehead atoms. The van der Waals surface area contributed by atoms with E-state index in [4.69, 9.17) is 5.26 Å². The summed E-state index contributed by atoms with van der Waals surface area (Å²) in [7, 11) is 0. The van der Waals surface area contributed by atoms with Gasteiger partial charge in [-0.3, -0.25) is 0 Å². The van der Waals surface area contributed by atoms with Crippen LogP contribution in [0, 0.1) is 11.3 Å². The van der Waals surface area contributed by atoms with Crippen molar-refractivity contribution < 1.29 is 0 Å². The lowest BCUT2D eigenvalue weighted by Crippen LogP contribution is -2.27. The highest BCUT2D eigenvalue weighted by Crippen LogP contribution is 2.11. The van der Waals surface area contributed by atoms with Gasteiger partial charge in [0.15, 0.2) is 0 Å². The smallest absolute Gasteiger partial charge is 0.144 e. The maximum atomic E-state index is 8.95. The maximum absolute atomic E-state index is 8.95. The van der Waals surface area contributed by atoms with E-state index in [9.17, 15) is 0 Å². The Labute approximate surface area is 111 Å². The fraction of sp³-hybridized carbons (Fsp3) is 0.286. The van der Waals surface area contributed by atoms with Gasteiger partial charge in [0.05, 0.1) is 0 Å². The predicted octanol–water partition coefficient (Wildman–Crippen LogP) is 2.74. The molecule has 1 atom stereocenters. The highest BCUT2D eigenvalue weighted by molar-refractivity contribution is 7.09. The largest absolute Gasteiger partial charge is 0.310 e. The second-order valence-electron chi connectivity index (χ2n) is 4.19. The fourth-order valence-corrected chi connectivity index (χ4v) is 2.60. The van der Waals surface area contributed by atoms with Gasteiger partial charge in [0.1, 0.15) is 11.8 Å². The van der Waals surface area contributed by atoms with E-state index in [0.717, 1.165) is 12.0 Å². The summed E-state index contributed by atoms with van der Waals surface area (Å²) in [5, 5.41) is 14.5. The van der Waals surface area contributed by atoms with Crippen LogP contribution in [0.2, 0.25) is 0 Å². The van der Waals surface area contributed by atoms with Gasteiger partial charge in [-0.15, -0.1) is 11.3 Å². The number of nitrogens with one attached hydrogen (secondary N) is 1. The van der Waals surface area contributed by atoms with Crippen molar-refractivity contribution in [1.29, 1.82) is 5.26 Å². The van der Waals surface area contributed by atoms with Gasteiger partial charge in [0.25, 0.3) is 0 Å². The fourth-order valence-electron chi connectivity index (χ4n) is 1.77. The van der Waals surface area contributed by atoms with Crippen molar-refractivity contribution in [1.82, 2.24) is 10.3 Å². The molecule has 0 fully saturated rings. The zero-order valence-corrected chi connectivity index (χ0v) is 11.1. The molecule has 0 spiro atoms. The molecule has 0 radical (unpaired) electrons. The van der Waals surface area contributed by atoms with Gasteiger partial charge in [-0.05, 0) is 30.9 Å². The highest BCUT2D eigenvalue weighted by Gasteiger charge is 2.06. The Morgan fingerprint density at radius 1 is 1.44 bits per heavy atom. The summed E-state index contributed by atoms with van der Waals surface area (Å²) in [5.74, 6) is 0. The van der Waals surface area contributed by atoms with E-state index in [1.165, 1.54) is 4.88 Å². The average molecular weight is 257 g/mol. The van der Waals surface area contributed by atoms with Crippen LogP contribution in [-0.4, -0.2) is 11.0 Å². The zero-order valence-electron chi connectivity index (χ0n) is 10.3. The van der Waals surface area contributed by atoms with Crippen LogP contribution in [0.3, 0.4) is 0 Å². The van der Waals surface area contributed by atoms with Crippen LogP contribution in [0.1, 0.15) is 23.1 Å². The second-order valence-corrected chi connectivity index (χ2v) is 5.22. The SMILES string of the molecule is CC(Cc1cccs1)NCc1cccnc1C#N. The lowest BCUT2D eigenvalue weighted by molar-refractivity contribution is 0.547. The van der Waals surface area contributed by atoms with Crippen LogP contribution in [0.4, 0.5) is 0 Å². The van der Waals surface area contributed by atoms with E-state index in [1.807, 2.05) is 12.1 Å². The minimum atomic E-state index is 0.385. The monoisotopic (exact) mass is 257 g/mol. The highest BCUT2D eigenvalue weighted by atomic mass is 32.1. The Balaban J connectivity index is 1.89. The standard InChI is InChI=1S/C14H15N3S/c1-11(8-13-5-3-7-18-13)17-10-12-4-2-6-16-14(12)9-15/h2-7,11,17H,8,10H2,1H3. The summed E-state index contributed by atoms with van der Waals surface area (Å²) in [6, 6.07) is 10.5. The molecule has 0 amide bonds. The first-order valence-electron chi connectivity index (χ1n) is 5.89. The quantitative estimate of drug-likeness (QED) is 0.896. The van der Waals surface area contributed by atoms with Crippen LogP contribution in [0.15, 0.2) is 35.8 Å². The summed E-state index contributed by atoms with van der Waals surface area (Å²) in [6.45, 7) is 2.84. The van der Waals surface area contributed by atoms with Gasteiger partial charge in [-0.2, -0.15) is 5.26 Å². The Kier molecular flexibility index (Phi) is 4.46. The number of rotatable bonds is 5. The number of hydrogen-bond donors (Lipinski definition) is 1. The lowest BCUT2D eigenvalue weighted by atomic mass is 10.1. The minimum Gasteiger partial charge on any atom is -0.310 e. The normalized spacial score (nSPS) is 12.0. The lowest BCUT2D eigenvalue weighted by Gasteiger charge is -2.13. The van der Waals surface area contributed by atoms with Crippen LogP contribution < -0.4 is 5.32 Å². The van der Waals surface area contributed by atoms with Crippen molar-refractivity contribution in [2.75, 3.05) is 0 Å². The Morgan fingerprint density at radius 2 is 2.33 bits per heavy atom. The van der Waals surface area contributed by atoms with Crippen molar-refractivity contribution >= 4 is 11.3 Å². The molecular formula is C14H15N3S.